The second-order valence-electron chi connectivity index (χ2n) is 4.29. The molecule has 3 aromatic rings. The van der Waals surface area contributed by atoms with Crippen molar-refractivity contribution < 1.29 is 9.47 Å². The van der Waals surface area contributed by atoms with E-state index in [4.69, 9.17) is 15.3 Å². The molecule has 0 saturated carbocycles. The molecule has 0 fully saturated rings. The molecule has 0 aliphatic rings. The van der Waals surface area contributed by atoms with E-state index in [1.807, 2.05) is 0 Å². The lowest BCUT2D eigenvalue weighted by Crippen LogP contribution is -2.26. The standard InChI is InChI=1S/C13H13N5O3/c1-20-8-3-4-11(21-2)10(5-8)18-12-9(6-16-18)13(19)17(14)7-15-12/h3-7H,14H2,1-2H3. The maximum Gasteiger partial charge on any atom is 0.282 e. The molecule has 0 aliphatic carbocycles. The van der Waals surface area contributed by atoms with Crippen molar-refractivity contribution >= 4 is 11.0 Å². The Labute approximate surface area is 119 Å². The number of fused-ring (bicyclic) bond motifs is 1. The van der Waals surface area contributed by atoms with Crippen LogP contribution in [0.1, 0.15) is 0 Å². The summed E-state index contributed by atoms with van der Waals surface area (Å²) in [7, 11) is 3.12. The van der Waals surface area contributed by atoms with E-state index in [0.717, 1.165) is 4.68 Å². The third-order valence-electron chi connectivity index (χ3n) is 3.13. The molecule has 2 heterocycles. The van der Waals surface area contributed by atoms with Crippen LogP contribution >= 0.6 is 0 Å². The Hall–Kier alpha value is -3.03. The first-order chi connectivity index (χ1) is 10.2. The van der Waals surface area contributed by atoms with Crippen molar-refractivity contribution in [2.75, 3.05) is 20.1 Å². The van der Waals surface area contributed by atoms with Crippen molar-refractivity contribution in [3.8, 4) is 17.2 Å². The Morgan fingerprint density at radius 3 is 2.76 bits per heavy atom. The molecule has 2 aromatic heterocycles. The topological polar surface area (TPSA) is 97.2 Å². The van der Waals surface area contributed by atoms with E-state index < -0.39 is 0 Å². The molecule has 8 heteroatoms. The summed E-state index contributed by atoms with van der Waals surface area (Å²) in [5, 5.41) is 4.53. The molecule has 0 atom stereocenters. The van der Waals surface area contributed by atoms with E-state index in [2.05, 4.69) is 10.1 Å². The van der Waals surface area contributed by atoms with Gasteiger partial charge in [0.25, 0.3) is 5.56 Å². The number of rotatable bonds is 3. The number of nitrogen functional groups attached to an aromatic ring is 1. The fourth-order valence-corrected chi connectivity index (χ4v) is 2.06. The maximum atomic E-state index is 11.9. The zero-order valence-electron chi connectivity index (χ0n) is 11.5. The molecule has 21 heavy (non-hydrogen) atoms. The van der Waals surface area contributed by atoms with Gasteiger partial charge in [0.1, 0.15) is 28.9 Å². The Balaban J connectivity index is 2.30. The number of hydrogen-bond donors (Lipinski definition) is 1. The summed E-state index contributed by atoms with van der Waals surface area (Å²) < 4.78 is 12.9. The minimum Gasteiger partial charge on any atom is -0.497 e. The average Bonchev–Trinajstić information content (AvgIpc) is 2.94. The van der Waals surface area contributed by atoms with Gasteiger partial charge >= 0.3 is 0 Å². The SMILES string of the molecule is COc1ccc(OC)c(-n2ncc3c(=O)n(N)cnc32)c1. The van der Waals surface area contributed by atoms with Crippen LogP contribution in [0.4, 0.5) is 0 Å². The number of benzene rings is 1. The third-order valence-corrected chi connectivity index (χ3v) is 3.13. The van der Waals surface area contributed by atoms with Crippen molar-refractivity contribution in [3.63, 3.8) is 0 Å². The number of hydrogen-bond acceptors (Lipinski definition) is 6. The Bertz CT molecular complexity index is 868. The molecule has 1 aromatic carbocycles. The Morgan fingerprint density at radius 2 is 2.05 bits per heavy atom. The fraction of sp³-hybridized carbons (Fsp3) is 0.154. The van der Waals surface area contributed by atoms with Crippen molar-refractivity contribution in [1.82, 2.24) is 19.4 Å². The van der Waals surface area contributed by atoms with Gasteiger partial charge in [0.15, 0.2) is 5.65 Å². The Kier molecular flexibility index (Phi) is 2.98. The summed E-state index contributed by atoms with van der Waals surface area (Å²) in [5.74, 6) is 6.72. The van der Waals surface area contributed by atoms with E-state index in [1.54, 1.807) is 32.4 Å². The van der Waals surface area contributed by atoms with Crippen LogP contribution in [0.5, 0.6) is 11.5 Å². The molecule has 3 rings (SSSR count). The van der Waals surface area contributed by atoms with E-state index in [9.17, 15) is 4.79 Å². The lowest BCUT2D eigenvalue weighted by Gasteiger charge is -2.10. The molecule has 0 spiro atoms. The first-order valence-corrected chi connectivity index (χ1v) is 6.08. The molecule has 0 unspecified atom stereocenters. The Morgan fingerprint density at radius 1 is 1.24 bits per heavy atom. The van der Waals surface area contributed by atoms with Gasteiger partial charge in [-0.3, -0.25) is 4.79 Å². The van der Waals surface area contributed by atoms with Crippen molar-refractivity contribution in [2.24, 2.45) is 0 Å². The minimum atomic E-state index is -0.367. The van der Waals surface area contributed by atoms with Gasteiger partial charge in [0.2, 0.25) is 0 Å². The van der Waals surface area contributed by atoms with Crippen LogP contribution < -0.4 is 20.9 Å². The lowest BCUT2D eigenvalue weighted by molar-refractivity contribution is 0.401. The van der Waals surface area contributed by atoms with Crippen LogP contribution in [0.25, 0.3) is 16.7 Å². The number of methoxy groups -OCH3 is 2. The largest absolute Gasteiger partial charge is 0.497 e. The van der Waals surface area contributed by atoms with Crippen molar-refractivity contribution in [1.29, 1.82) is 0 Å². The number of aromatic nitrogens is 4. The zero-order valence-corrected chi connectivity index (χ0v) is 11.5. The van der Waals surface area contributed by atoms with Crippen LogP contribution in [-0.2, 0) is 0 Å². The molecular weight excluding hydrogens is 274 g/mol. The quantitative estimate of drug-likeness (QED) is 0.696. The van der Waals surface area contributed by atoms with E-state index in [1.165, 1.54) is 17.2 Å². The summed E-state index contributed by atoms with van der Waals surface area (Å²) in [6.45, 7) is 0. The van der Waals surface area contributed by atoms with Gasteiger partial charge in [0, 0.05) is 6.07 Å². The minimum absolute atomic E-state index is 0.324. The van der Waals surface area contributed by atoms with E-state index in [0.29, 0.717) is 28.2 Å². The molecule has 0 aliphatic heterocycles. The van der Waals surface area contributed by atoms with Crippen LogP contribution in [0.3, 0.4) is 0 Å². The molecule has 108 valence electrons. The molecule has 0 saturated heterocycles. The zero-order chi connectivity index (χ0) is 15.0. The smallest absolute Gasteiger partial charge is 0.282 e. The molecular formula is C13H13N5O3. The summed E-state index contributed by atoms with van der Waals surface area (Å²) >= 11 is 0. The van der Waals surface area contributed by atoms with E-state index in [-0.39, 0.29) is 5.56 Å². The highest BCUT2D eigenvalue weighted by molar-refractivity contribution is 5.75. The van der Waals surface area contributed by atoms with Gasteiger partial charge in [-0.25, -0.2) is 14.3 Å². The third kappa shape index (κ3) is 1.97. The lowest BCUT2D eigenvalue weighted by atomic mass is 10.2. The number of nitrogens with zero attached hydrogens (tertiary/aromatic N) is 4. The highest BCUT2D eigenvalue weighted by atomic mass is 16.5. The van der Waals surface area contributed by atoms with Crippen molar-refractivity contribution in [2.45, 2.75) is 0 Å². The summed E-state index contributed by atoms with van der Waals surface area (Å²) in [4.78, 5) is 16.1. The molecule has 0 amide bonds. The van der Waals surface area contributed by atoms with Crippen LogP contribution in [-0.4, -0.2) is 33.7 Å². The fourth-order valence-electron chi connectivity index (χ4n) is 2.06. The average molecular weight is 287 g/mol. The van der Waals surface area contributed by atoms with Crippen LogP contribution in [0.2, 0.25) is 0 Å². The van der Waals surface area contributed by atoms with Gasteiger partial charge in [-0.2, -0.15) is 5.10 Å². The second kappa shape index (κ2) is 4.82. The van der Waals surface area contributed by atoms with Gasteiger partial charge in [-0.1, -0.05) is 0 Å². The van der Waals surface area contributed by atoms with Crippen molar-refractivity contribution in [3.05, 3.63) is 41.1 Å². The second-order valence-corrected chi connectivity index (χ2v) is 4.29. The van der Waals surface area contributed by atoms with Gasteiger partial charge in [-0.15, -0.1) is 0 Å². The molecule has 0 bridgehead atoms. The maximum absolute atomic E-state index is 11.9. The summed E-state index contributed by atoms with van der Waals surface area (Å²) in [5.41, 5.74) is 0.648. The highest BCUT2D eigenvalue weighted by Crippen LogP contribution is 2.28. The van der Waals surface area contributed by atoms with Crippen LogP contribution in [0, 0.1) is 0 Å². The number of ether oxygens (including phenoxy) is 2. The normalized spacial score (nSPS) is 10.8. The monoisotopic (exact) mass is 287 g/mol. The first kappa shape index (κ1) is 13.0. The summed E-state index contributed by atoms with van der Waals surface area (Å²) in [6.07, 6.45) is 2.67. The number of nitrogens with two attached hydrogens (primary N) is 1. The van der Waals surface area contributed by atoms with Crippen LogP contribution in [0.15, 0.2) is 35.5 Å². The van der Waals surface area contributed by atoms with Gasteiger partial charge in [0.05, 0.1) is 20.4 Å². The molecule has 0 radical (unpaired) electrons. The molecule has 8 nitrogen and oxygen atoms in total. The van der Waals surface area contributed by atoms with Gasteiger partial charge in [-0.05, 0) is 12.1 Å². The predicted octanol–water partition coefficient (Wildman–Crippen LogP) is 0.313. The highest BCUT2D eigenvalue weighted by Gasteiger charge is 2.14. The molecule has 2 N–H and O–H groups in total. The van der Waals surface area contributed by atoms with Gasteiger partial charge < -0.3 is 15.3 Å². The van der Waals surface area contributed by atoms with E-state index >= 15 is 0 Å². The summed E-state index contributed by atoms with van der Waals surface area (Å²) in [6, 6.07) is 5.28. The predicted molar refractivity (Wildman–Crippen MR) is 76.4 cm³/mol. The first-order valence-electron chi connectivity index (χ1n) is 6.08.